The minimum Gasteiger partial charge on any atom is -0.398 e. The molecule has 3 N–H and O–H groups in total. The third-order valence-corrected chi connectivity index (χ3v) is 3.41. The molecule has 0 amide bonds. The van der Waals surface area contributed by atoms with Crippen molar-refractivity contribution in [2.45, 2.75) is 26.7 Å². The van der Waals surface area contributed by atoms with E-state index in [0.29, 0.717) is 11.6 Å². The van der Waals surface area contributed by atoms with Crippen LogP contribution < -0.4 is 5.73 Å². The van der Waals surface area contributed by atoms with E-state index in [4.69, 9.17) is 11.1 Å². The highest BCUT2D eigenvalue weighted by atomic mass is 14.6. The molecule has 0 aliphatic heterocycles. The van der Waals surface area contributed by atoms with Gasteiger partial charge in [0.15, 0.2) is 0 Å². The molecular formula is C17H20N2. The minimum absolute atomic E-state index is 0.305. The van der Waals surface area contributed by atoms with Crippen LogP contribution in [0.2, 0.25) is 0 Å². The Hall–Kier alpha value is -2.09. The summed E-state index contributed by atoms with van der Waals surface area (Å²) in [5, 5.41) is 8.42. The molecular weight excluding hydrogens is 232 g/mol. The van der Waals surface area contributed by atoms with Gasteiger partial charge in [0, 0.05) is 16.8 Å². The average molecular weight is 252 g/mol. The third-order valence-electron chi connectivity index (χ3n) is 3.41. The second kappa shape index (κ2) is 5.27. The number of nitrogens with one attached hydrogen (secondary N) is 1. The van der Waals surface area contributed by atoms with Crippen LogP contribution in [-0.4, -0.2) is 5.71 Å². The fourth-order valence-electron chi connectivity index (χ4n) is 2.35. The van der Waals surface area contributed by atoms with Crippen LogP contribution in [0.15, 0.2) is 42.5 Å². The summed E-state index contributed by atoms with van der Waals surface area (Å²) in [5.74, 6) is 0.305. The molecule has 0 atom stereocenters. The Morgan fingerprint density at radius 1 is 1.05 bits per heavy atom. The van der Waals surface area contributed by atoms with Crippen molar-refractivity contribution in [2.75, 3.05) is 5.73 Å². The van der Waals surface area contributed by atoms with E-state index in [2.05, 4.69) is 13.8 Å². The van der Waals surface area contributed by atoms with E-state index in [0.717, 1.165) is 27.9 Å². The number of nitrogens with two attached hydrogens (primary N) is 1. The lowest BCUT2D eigenvalue weighted by atomic mass is 9.88. The minimum atomic E-state index is 0.305. The van der Waals surface area contributed by atoms with E-state index in [1.54, 1.807) is 0 Å². The lowest BCUT2D eigenvalue weighted by Crippen LogP contribution is -2.10. The standard InChI is InChI=1S/C17H20N2/c1-11(2)15-14(10-9-12(3)16(15)18)17(19)13-7-5-4-6-8-13/h4-11,19H,18H2,1-3H3. The molecule has 2 aromatic rings. The molecule has 19 heavy (non-hydrogen) atoms. The van der Waals surface area contributed by atoms with Gasteiger partial charge in [-0.15, -0.1) is 0 Å². The SMILES string of the molecule is Cc1ccc(C(=N)c2ccccc2)c(C(C)C)c1N. The topological polar surface area (TPSA) is 49.9 Å². The highest BCUT2D eigenvalue weighted by molar-refractivity contribution is 6.12. The van der Waals surface area contributed by atoms with E-state index in [1.807, 2.05) is 49.4 Å². The zero-order chi connectivity index (χ0) is 14.0. The first kappa shape index (κ1) is 13.3. The summed E-state index contributed by atoms with van der Waals surface area (Å²) >= 11 is 0. The van der Waals surface area contributed by atoms with Gasteiger partial charge in [-0.3, -0.25) is 5.41 Å². The van der Waals surface area contributed by atoms with Crippen LogP contribution in [0, 0.1) is 12.3 Å². The number of hydrogen-bond acceptors (Lipinski definition) is 2. The van der Waals surface area contributed by atoms with Crippen molar-refractivity contribution >= 4 is 11.4 Å². The molecule has 0 unspecified atom stereocenters. The van der Waals surface area contributed by atoms with Crippen LogP contribution in [0.5, 0.6) is 0 Å². The van der Waals surface area contributed by atoms with Gasteiger partial charge >= 0.3 is 0 Å². The smallest absolute Gasteiger partial charge is 0.0688 e. The van der Waals surface area contributed by atoms with Gasteiger partial charge in [0.2, 0.25) is 0 Å². The molecule has 0 aliphatic carbocycles. The van der Waals surface area contributed by atoms with Crippen LogP contribution in [0.3, 0.4) is 0 Å². The Morgan fingerprint density at radius 3 is 2.26 bits per heavy atom. The van der Waals surface area contributed by atoms with Crippen LogP contribution in [-0.2, 0) is 0 Å². The zero-order valence-corrected chi connectivity index (χ0v) is 11.7. The van der Waals surface area contributed by atoms with Crippen molar-refractivity contribution in [2.24, 2.45) is 0 Å². The predicted molar refractivity (Wildman–Crippen MR) is 82.1 cm³/mol. The van der Waals surface area contributed by atoms with Crippen molar-refractivity contribution in [3.8, 4) is 0 Å². The molecule has 2 rings (SSSR count). The van der Waals surface area contributed by atoms with Crippen LogP contribution in [0.1, 0.15) is 42.0 Å². The lowest BCUT2D eigenvalue weighted by molar-refractivity contribution is 0.865. The number of benzene rings is 2. The lowest BCUT2D eigenvalue weighted by Gasteiger charge is -2.18. The quantitative estimate of drug-likeness (QED) is 0.626. The molecule has 2 heteroatoms. The molecule has 0 bridgehead atoms. The number of nitrogen functional groups attached to an aromatic ring is 1. The Kier molecular flexibility index (Phi) is 3.70. The molecule has 98 valence electrons. The highest BCUT2D eigenvalue weighted by Gasteiger charge is 2.16. The first-order valence-corrected chi connectivity index (χ1v) is 6.55. The van der Waals surface area contributed by atoms with Gasteiger partial charge in [0.1, 0.15) is 0 Å². The van der Waals surface area contributed by atoms with E-state index in [9.17, 15) is 0 Å². The van der Waals surface area contributed by atoms with Crippen molar-refractivity contribution in [3.63, 3.8) is 0 Å². The molecule has 2 aromatic carbocycles. The van der Waals surface area contributed by atoms with Gasteiger partial charge in [0.25, 0.3) is 0 Å². The van der Waals surface area contributed by atoms with Gasteiger partial charge in [-0.1, -0.05) is 56.3 Å². The van der Waals surface area contributed by atoms with Gasteiger partial charge in [-0.25, -0.2) is 0 Å². The number of hydrogen-bond donors (Lipinski definition) is 2. The summed E-state index contributed by atoms with van der Waals surface area (Å²) in [6.45, 7) is 6.25. The monoisotopic (exact) mass is 252 g/mol. The predicted octanol–water partition coefficient (Wildman–Crippen LogP) is 4.12. The van der Waals surface area contributed by atoms with Crippen LogP contribution >= 0.6 is 0 Å². The van der Waals surface area contributed by atoms with E-state index in [1.165, 1.54) is 0 Å². The van der Waals surface area contributed by atoms with E-state index >= 15 is 0 Å². The van der Waals surface area contributed by atoms with E-state index in [-0.39, 0.29) is 0 Å². The fourth-order valence-corrected chi connectivity index (χ4v) is 2.35. The summed E-state index contributed by atoms with van der Waals surface area (Å²) < 4.78 is 0. The first-order valence-electron chi connectivity index (χ1n) is 6.55. The normalized spacial score (nSPS) is 10.7. The van der Waals surface area contributed by atoms with Crippen LogP contribution in [0.25, 0.3) is 0 Å². The number of anilines is 1. The van der Waals surface area contributed by atoms with Gasteiger partial charge < -0.3 is 5.73 Å². The first-order chi connectivity index (χ1) is 9.02. The zero-order valence-electron chi connectivity index (χ0n) is 11.7. The Labute approximate surface area is 114 Å². The second-order valence-corrected chi connectivity index (χ2v) is 5.15. The molecule has 0 aromatic heterocycles. The van der Waals surface area contributed by atoms with Crippen LogP contribution in [0.4, 0.5) is 5.69 Å². The maximum absolute atomic E-state index is 8.42. The largest absolute Gasteiger partial charge is 0.398 e. The number of aryl methyl sites for hydroxylation is 1. The molecule has 0 spiro atoms. The summed E-state index contributed by atoms with van der Waals surface area (Å²) in [6, 6.07) is 13.8. The molecule has 0 saturated heterocycles. The molecule has 2 nitrogen and oxygen atoms in total. The third kappa shape index (κ3) is 2.53. The summed E-state index contributed by atoms with van der Waals surface area (Å²) in [7, 11) is 0. The van der Waals surface area contributed by atoms with Crippen molar-refractivity contribution in [1.82, 2.24) is 0 Å². The maximum Gasteiger partial charge on any atom is 0.0688 e. The Balaban J connectivity index is 2.57. The summed E-state index contributed by atoms with van der Waals surface area (Å²) in [4.78, 5) is 0. The van der Waals surface area contributed by atoms with Gasteiger partial charge in [0.05, 0.1) is 5.71 Å². The van der Waals surface area contributed by atoms with Crippen molar-refractivity contribution in [3.05, 3.63) is 64.7 Å². The Morgan fingerprint density at radius 2 is 1.68 bits per heavy atom. The second-order valence-electron chi connectivity index (χ2n) is 5.15. The van der Waals surface area contributed by atoms with Gasteiger partial charge in [-0.2, -0.15) is 0 Å². The van der Waals surface area contributed by atoms with Crippen molar-refractivity contribution in [1.29, 1.82) is 5.41 Å². The van der Waals surface area contributed by atoms with Gasteiger partial charge in [-0.05, 0) is 24.0 Å². The molecule has 0 saturated carbocycles. The van der Waals surface area contributed by atoms with Crippen molar-refractivity contribution < 1.29 is 0 Å². The summed E-state index contributed by atoms with van der Waals surface area (Å²) in [5.41, 5.74) is 11.6. The fraction of sp³-hybridized carbons (Fsp3) is 0.235. The molecule has 0 aliphatic rings. The molecule has 0 heterocycles. The average Bonchev–Trinajstić information content (AvgIpc) is 2.41. The number of rotatable bonds is 3. The maximum atomic E-state index is 8.42. The summed E-state index contributed by atoms with van der Waals surface area (Å²) in [6.07, 6.45) is 0. The molecule has 0 fully saturated rings. The van der Waals surface area contributed by atoms with E-state index < -0.39 is 0 Å². The molecule has 0 radical (unpaired) electrons. The highest BCUT2D eigenvalue weighted by Crippen LogP contribution is 2.30. The Bertz CT molecular complexity index is 598.